The Kier molecular flexibility index (Phi) is 3.28. The van der Waals surface area contributed by atoms with Gasteiger partial charge in [0.2, 0.25) is 5.95 Å². The van der Waals surface area contributed by atoms with Gasteiger partial charge in [-0.1, -0.05) is 12.2 Å². The second-order valence-corrected chi connectivity index (χ2v) is 6.09. The minimum absolute atomic E-state index is 0.110. The van der Waals surface area contributed by atoms with Gasteiger partial charge in [-0.25, -0.2) is 9.80 Å². The van der Waals surface area contributed by atoms with Crippen LogP contribution in [-0.2, 0) is 14.1 Å². The number of aromatic nitrogens is 4. The highest BCUT2D eigenvalue weighted by Gasteiger charge is 2.30. The highest BCUT2D eigenvalue weighted by molar-refractivity contribution is 5.91. The Hall–Kier alpha value is -2.64. The van der Waals surface area contributed by atoms with E-state index in [0.29, 0.717) is 23.7 Å². The van der Waals surface area contributed by atoms with Crippen molar-refractivity contribution in [3.63, 3.8) is 0 Å². The molecule has 1 aliphatic rings. The zero-order valence-electron chi connectivity index (χ0n) is 14.0. The molecule has 0 bridgehead atoms. The van der Waals surface area contributed by atoms with Crippen molar-refractivity contribution in [2.75, 3.05) is 11.6 Å². The molecular weight excluding hydrogens is 296 g/mol. The first-order valence-corrected chi connectivity index (χ1v) is 7.39. The molecule has 0 unspecified atom stereocenters. The van der Waals surface area contributed by atoms with Crippen LogP contribution in [0.5, 0.6) is 0 Å². The molecule has 2 aromatic heterocycles. The number of nitrogens with zero attached hydrogens (tertiary/aromatic N) is 6. The zero-order valence-corrected chi connectivity index (χ0v) is 14.0. The topological polar surface area (TPSA) is 77.4 Å². The van der Waals surface area contributed by atoms with E-state index in [1.54, 1.807) is 12.1 Å². The van der Waals surface area contributed by atoms with Gasteiger partial charge in [0.05, 0.1) is 18.3 Å². The summed E-state index contributed by atoms with van der Waals surface area (Å²) < 4.78 is 4.35. The molecule has 0 fully saturated rings. The van der Waals surface area contributed by atoms with Crippen LogP contribution in [-0.4, -0.2) is 30.9 Å². The van der Waals surface area contributed by atoms with Crippen molar-refractivity contribution >= 4 is 22.8 Å². The highest BCUT2D eigenvalue weighted by atomic mass is 16.2. The molecule has 1 aliphatic heterocycles. The fraction of sp³-hybridized carbons (Fsp3) is 0.467. The molecule has 0 saturated carbocycles. The number of fused-ring (bicyclic) bond motifs is 3. The summed E-state index contributed by atoms with van der Waals surface area (Å²) in [5.41, 5.74) is 1.84. The van der Waals surface area contributed by atoms with Gasteiger partial charge in [0.15, 0.2) is 11.2 Å². The van der Waals surface area contributed by atoms with Crippen LogP contribution in [0.25, 0.3) is 11.2 Å². The summed E-state index contributed by atoms with van der Waals surface area (Å²) in [5.74, 6) is 0.555. The summed E-state index contributed by atoms with van der Waals surface area (Å²) in [6, 6.07) is -0.110. The first-order valence-electron chi connectivity index (χ1n) is 7.39. The summed E-state index contributed by atoms with van der Waals surface area (Å²) >= 11 is 0. The third-order valence-electron chi connectivity index (χ3n) is 4.19. The summed E-state index contributed by atoms with van der Waals surface area (Å²) in [7, 11) is 3.09. The first kappa shape index (κ1) is 15.3. The minimum atomic E-state index is -0.394. The Morgan fingerprint density at radius 2 is 1.91 bits per heavy atom. The Morgan fingerprint density at radius 1 is 1.26 bits per heavy atom. The fourth-order valence-electron chi connectivity index (χ4n) is 2.82. The van der Waals surface area contributed by atoms with Crippen molar-refractivity contribution < 1.29 is 0 Å². The van der Waals surface area contributed by atoms with Gasteiger partial charge >= 0.3 is 5.69 Å². The molecule has 0 spiro atoms. The van der Waals surface area contributed by atoms with Crippen molar-refractivity contribution in [1.29, 1.82) is 0 Å². The second kappa shape index (κ2) is 4.94. The molecule has 8 heteroatoms. The normalized spacial score (nSPS) is 17.3. The maximum Gasteiger partial charge on any atom is 0.332 e. The molecule has 0 saturated heterocycles. The maximum absolute atomic E-state index is 12.6. The van der Waals surface area contributed by atoms with Crippen molar-refractivity contribution in [2.45, 2.75) is 26.8 Å². The summed E-state index contributed by atoms with van der Waals surface area (Å²) in [5, 5.41) is 6.28. The fourth-order valence-corrected chi connectivity index (χ4v) is 2.82. The van der Waals surface area contributed by atoms with E-state index < -0.39 is 5.69 Å². The van der Waals surface area contributed by atoms with Crippen molar-refractivity contribution in [1.82, 2.24) is 18.7 Å². The van der Waals surface area contributed by atoms with Crippen LogP contribution >= 0.6 is 0 Å². The van der Waals surface area contributed by atoms with Gasteiger partial charge in [-0.2, -0.15) is 10.1 Å². The molecule has 0 radical (unpaired) electrons. The Morgan fingerprint density at radius 3 is 2.52 bits per heavy atom. The largest absolute Gasteiger partial charge is 0.332 e. The van der Waals surface area contributed by atoms with E-state index in [4.69, 9.17) is 0 Å². The number of aryl methyl sites for hydroxylation is 1. The molecule has 3 rings (SSSR count). The Labute approximate surface area is 133 Å². The lowest BCUT2D eigenvalue weighted by atomic mass is 10.2. The summed E-state index contributed by atoms with van der Waals surface area (Å²) in [4.78, 5) is 29.3. The standard InChI is InChI=1S/C15H20N6O2/c1-8(2)7-20-14-16-12-11(21(14)10(4)9(3)17-20)13(22)19(6)15(23)18(12)5/h10H,1,7H2,2-6H3/t10-/m1/s1. The number of rotatable bonds is 2. The van der Waals surface area contributed by atoms with E-state index in [9.17, 15) is 9.59 Å². The Bertz CT molecular complexity index is 974. The van der Waals surface area contributed by atoms with Crippen molar-refractivity contribution in [2.24, 2.45) is 19.2 Å². The molecule has 3 heterocycles. The van der Waals surface area contributed by atoms with Gasteiger partial charge in [-0.15, -0.1) is 0 Å². The average molecular weight is 316 g/mol. The zero-order chi connectivity index (χ0) is 17.0. The smallest absolute Gasteiger partial charge is 0.294 e. The van der Waals surface area contributed by atoms with Gasteiger partial charge < -0.3 is 0 Å². The quantitative estimate of drug-likeness (QED) is 0.767. The van der Waals surface area contributed by atoms with Crippen molar-refractivity contribution in [3.05, 3.63) is 33.0 Å². The van der Waals surface area contributed by atoms with Crippen LogP contribution < -0.4 is 16.3 Å². The summed E-state index contributed by atoms with van der Waals surface area (Å²) in [6.45, 7) is 10.2. The minimum Gasteiger partial charge on any atom is -0.294 e. The SMILES string of the molecule is C=C(C)CN1N=C(C)[C@@H](C)n2c1nc1c2c(=O)n(C)c(=O)n1C. The lowest BCUT2D eigenvalue weighted by Gasteiger charge is -2.29. The molecule has 0 aromatic carbocycles. The number of hydrogen-bond acceptors (Lipinski definition) is 5. The number of hydrazone groups is 1. The van der Waals surface area contributed by atoms with E-state index in [-0.39, 0.29) is 11.6 Å². The maximum atomic E-state index is 12.6. The third kappa shape index (κ3) is 2.05. The number of imidazole rings is 1. The van der Waals surface area contributed by atoms with E-state index in [2.05, 4.69) is 16.7 Å². The number of anilines is 1. The lowest BCUT2D eigenvalue weighted by Crippen LogP contribution is -2.38. The van der Waals surface area contributed by atoms with E-state index in [1.807, 2.05) is 25.3 Å². The molecule has 23 heavy (non-hydrogen) atoms. The highest BCUT2D eigenvalue weighted by Crippen LogP contribution is 2.29. The van der Waals surface area contributed by atoms with Gasteiger partial charge in [0.25, 0.3) is 5.56 Å². The van der Waals surface area contributed by atoms with Crippen LogP contribution in [0, 0.1) is 0 Å². The average Bonchev–Trinajstić information content (AvgIpc) is 2.88. The van der Waals surface area contributed by atoms with E-state index in [0.717, 1.165) is 15.9 Å². The predicted molar refractivity (Wildman–Crippen MR) is 90.2 cm³/mol. The lowest BCUT2D eigenvalue weighted by molar-refractivity contribution is 0.644. The molecule has 1 atom stereocenters. The summed E-state index contributed by atoms with van der Waals surface area (Å²) in [6.07, 6.45) is 0. The first-order chi connectivity index (χ1) is 10.7. The molecule has 2 aromatic rings. The van der Waals surface area contributed by atoms with Gasteiger partial charge in [-0.3, -0.25) is 18.5 Å². The van der Waals surface area contributed by atoms with Gasteiger partial charge in [0, 0.05) is 14.1 Å². The van der Waals surface area contributed by atoms with Crippen LogP contribution in [0.3, 0.4) is 0 Å². The second-order valence-electron chi connectivity index (χ2n) is 6.09. The molecular formula is C15H20N6O2. The van der Waals surface area contributed by atoms with Crippen molar-refractivity contribution in [3.8, 4) is 0 Å². The Balaban J connectivity index is 2.43. The molecule has 122 valence electrons. The third-order valence-corrected chi connectivity index (χ3v) is 4.19. The van der Waals surface area contributed by atoms with Gasteiger partial charge in [-0.05, 0) is 20.8 Å². The molecule has 8 nitrogen and oxygen atoms in total. The van der Waals surface area contributed by atoms with Gasteiger partial charge in [0.1, 0.15) is 0 Å². The van der Waals surface area contributed by atoms with Crippen LogP contribution in [0.15, 0.2) is 26.8 Å². The van der Waals surface area contributed by atoms with E-state index in [1.165, 1.54) is 11.6 Å². The monoisotopic (exact) mass is 316 g/mol. The number of hydrogen-bond donors (Lipinski definition) is 0. The molecule has 0 N–H and O–H groups in total. The van der Waals surface area contributed by atoms with E-state index >= 15 is 0 Å². The predicted octanol–water partition coefficient (Wildman–Crippen LogP) is 0.767. The van der Waals surface area contributed by atoms with Crippen LogP contribution in [0.1, 0.15) is 26.8 Å². The molecule has 0 amide bonds. The van der Waals surface area contributed by atoms with Crippen LogP contribution in [0.2, 0.25) is 0 Å². The molecule has 0 aliphatic carbocycles. The van der Waals surface area contributed by atoms with Crippen LogP contribution in [0.4, 0.5) is 5.95 Å².